The van der Waals surface area contributed by atoms with Crippen LogP contribution in [0.5, 0.6) is 0 Å². The van der Waals surface area contributed by atoms with Gasteiger partial charge in [-0.15, -0.1) is 0 Å². The summed E-state index contributed by atoms with van der Waals surface area (Å²) in [5.41, 5.74) is 1.88. The van der Waals surface area contributed by atoms with E-state index in [1.807, 2.05) is 42.5 Å². The highest BCUT2D eigenvalue weighted by Gasteiger charge is 2.33. The van der Waals surface area contributed by atoms with Gasteiger partial charge in [0.1, 0.15) is 23.2 Å². The second-order valence-electron chi connectivity index (χ2n) is 5.74. The number of hydrogen-bond acceptors (Lipinski definition) is 5. The summed E-state index contributed by atoms with van der Waals surface area (Å²) >= 11 is 6.24. The zero-order valence-corrected chi connectivity index (χ0v) is 15.5. The molecule has 0 aromatic heterocycles. The van der Waals surface area contributed by atoms with Gasteiger partial charge in [-0.1, -0.05) is 60.4 Å². The minimum Gasteiger partial charge on any atom is -0.489 e. The number of hydrogen-bond donors (Lipinski definition) is 1. The number of carboxylic acids is 1. The van der Waals surface area contributed by atoms with E-state index in [9.17, 15) is 9.59 Å². The van der Waals surface area contributed by atoms with Crippen LogP contribution in [-0.4, -0.2) is 32.7 Å². The highest BCUT2D eigenvalue weighted by molar-refractivity contribution is 8.26. The van der Waals surface area contributed by atoms with Crippen LogP contribution in [0.3, 0.4) is 0 Å². The molecular weight excluding hydrogens is 370 g/mol. The summed E-state index contributed by atoms with van der Waals surface area (Å²) in [6.07, 6.45) is 7.49. The molecule has 0 saturated carbocycles. The van der Waals surface area contributed by atoms with Gasteiger partial charge in [0.15, 0.2) is 0 Å². The van der Waals surface area contributed by atoms with Gasteiger partial charge in [-0.25, -0.2) is 0 Å². The Kier molecular flexibility index (Phi) is 5.90. The molecule has 26 heavy (non-hydrogen) atoms. The number of carbonyl (C=O) groups is 2. The molecule has 5 nitrogen and oxygen atoms in total. The number of thioether (sulfide) groups is 1. The number of ether oxygens (including phenoxy) is 1. The molecular formula is C19H17NO4S2. The van der Waals surface area contributed by atoms with Crippen molar-refractivity contribution in [2.45, 2.75) is 19.4 Å². The van der Waals surface area contributed by atoms with E-state index in [0.717, 1.165) is 46.4 Å². The molecule has 7 heteroatoms. The van der Waals surface area contributed by atoms with Crippen molar-refractivity contribution in [2.75, 3.05) is 6.54 Å². The van der Waals surface area contributed by atoms with Crippen molar-refractivity contribution in [3.63, 3.8) is 0 Å². The normalized spacial score (nSPS) is 18.8. The molecule has 1 fully saturated rings. The van der Waals surface area contributed by atoms with Crippen LogP contribution >= 0.6 is 24.0 Å². The van der Waals surface area contributed by atoms with Crippen molar-refractivity contribution in [1.29, 1.82) is 0 Å². The van der Waals surface area contributed by atoms with E-state index in [2.05, 4.69) is 0 Å². The number of benzene rings is 1. The number of carboxylic acid groups (broad SMARTS) is 1. The van der Waals surface area contributed by atoms with E-state index in [1.165, 1.54) is 0 Å². The zero-order chi connectivity index (χ0) is 18.5. The van der Waals surface area contributed by atoms with Crippen LogP contribution in [0.1, 0.15) is 18.4 Å². The summed E-state index contributed by atoms with van der Waals surface area (Å²) in [5, 5.41) is 8.91. The first-order chi connectivity index (χ1) is 12.5. The fourth-order valence-electron chi connectivity index (χ4n) is 2.59. The maximum Gasteiger partial charge on any atom is 0.323 e. The summed E-state index contributed by atoms with van der Waals surface area (Å²) in [4.78, 5) is 24.8. The lowest BCUT2D eigenvalue weighted by Gasteiger charge is -2.15. The lowest BCUT2D eigenvalue weighted by Crippen LogP contribution is -2.33. The number of aliphatic carboxylic acids is 1. The lowest BCUT2D eigenvalue weighted by atomic mass is 10.0. The van der Waals surface area contributed by atoms with Crippen LogP contribution in [0.15, 0.2) is 64.8 Å². The van der Waals surface area contributed by atoms with Gasteiger partial charge in [-0.05, 0) is 30.6 Å². The van der Waals surface area contributed by atoms with Crippen LogP contribution in [0.4, 0.5) is 0 Å². The van der Waals surface area contributed by atoms with Crippen LogP contribution in [0, 0.1) is 0 Å². The Balaban J connectivity index is 1.73. The first-order valence-corrected chi connectivity index (χ1v) is 9.31. The monoisotopic (exact) mass is 387 g/mol. The molecule has 1 aromatic carbocycles. The minimum atomic E-state index is -1.09. The fourth-order valence-corrected chi connectivity index (χ4v) is 3.84. The standard InChI is InChI=1S/C19H17NO4S2/c21-17(22)11-20-18(23)16(26-19(20)25)10-14-8-4-5-9-15(14)24-12-13-6-2-1-3-7-13/h1-3,6-10H,4-5,11-12H2,(H,21,22)/b16-10-. The SMILES string of the molecule is O=C(O)CN1C(=O)/C(=C/C2=CCCC=C2OCc2ccccc2)SC1=S. The van der Waals surface area contributed by atoms with Crippen LogP contribution < -0.4 is 0 Å². The number of rotatable bonds is 6. The summed E-state index contributed by atoms with van der Waals surface area (Å²) in [6, 6.07) is 9.85. The van der Waals surface area contributed by atoms with Gasteiger partial charge in [0.05, 0.1) is 4.91 Å². The average Bonchev–Trinajstić information content (AvgIpc) is 2.89. The van der Waals surface area contributed by atoms with Crippen LogP contribution in [0.25, 0.3) is 0 Å². The second-order valence-corrected chi connectivity index (χ2v) is 7.42. The van der Waals surface area contributed by atoms with Gasteiger partial charge in [0.25, 0.3) is 5.91 Å². The zero-order valence-electron chi connectivity index (χ0n) is 13.9. The van der Waals surface area contributed by atoms with Crippen molar-refractivity contribution < 1.29 is 19.4 Å². The van der Waals surface area contributed by atoms with E-state index in [4.69, 9.17) is 22.1 Å². The molecule has 1 aromatic rings. The third-order valence-corrected chi connectivity index (χ3v) is 5.21. The fraction of sp³-hybridized carbons (Fsp3) is 0.211. The number of allylic oxidation sites excluding steroid dienone is 3. The molecule has 3 rings (SSSR count). The summed E-state index contributed by atoms with van der Waals surface area (Å²) in [5.74, 6) is -0.744. The number of nitrogens with zero attached hydrogens (tertiary/aromatic N) is 1. The first kappa shape index (κ1) is 18.4. The Hall–Kier alpha value is -2.38. The highest BCUT2D eigenvalue weighted by Crippen LogP contribution is 2.34. The van der Waals surface area contributed by atoms with E-state index >= 15 is 0 Å². The molecule has 1 aliphatic heterocycles. The molecule has 0 radical (unpaired) electrons. The number of amides is 1. The quantitative estimate of drug-likeness (QED) is 0.594. The predicted molar refractivity (Wildman–Crippen MR) is 104 cm³/mol. The Morgan fingerprint density at radius 3 is 2.73 bits per heavy atom. The van der Waals surface area contributed by atoms with Gasteiger partial charge in [-0.2, -0.15) is 0 Å². The second kappa shape index (κ2) is 8.33. The Morgan fingerprint density at radius 2 is 2.00 bits per heavy atom. The molecule has 0 atom stereocenters. The molecule has 1 aliphatic carbocycles. The third kappa shape index (κ3) is 4.42. The molecule has 0 bridgehead atoms. The molecule has 1 heterocycles. The molecule has 2 aliphatic rings. The van der Waals surface area contributed by atoms with E-state index < -0.39 is 12.5 Å². The van der Waals surface area contributed by atoms with Crippen molar-refractivity contribution in [1.82, 2.24) is 4.90 Å². The first-order valence-electron chi connectivity index (χ1n) is 8.09. The topological polar surface area (TPSA) is 66.8 Å². The number of carbonyl (C=O) groups excluding carboxylic acids is 1. The summed E-state index contributed by atoms with van der Waals surface area (Å²) < 4.78 is 6.19. The predicted octanol–water partition coefficient (Wildman–Crippen LogP) is 3.64. The maximum absolute atomic E-state index is 12.4. The summed E-state index contributed by atoms with van der Waals surface area (Å²) in [6.45, 7) is 0.0199. The average molecular weight is 387 g/mol. The van der Waals surface area contributed by atoms with Gasteiger partial charge in [0, 0.05) is 5.57 Å². The van der Waals surface area contributed by atoms with Gasteiger partial charge < -0.3 is 9.84 Å². The third-order valence-electron chi connectivity index (χ3n) is 3.84. The number of thiocarbonyl (C=S) groups is 1. The van der Waals surface area contributed by atoms with E-state index in [1.54, 1.807) is 6.08 Å². The van der Waals surface area contributed by atoms with Crippen molar-refractivity contribution >= 4 is 40.2 Å². The van der Waals surface area contributed by atoms with Crippen molar-refractivity contribution in [3.8, 4) is 0 Å². The van der Waals surface area contributed by atoms with E-state index in [0.29, 0.717) is 11.5 Å². The molecule has 1 N–H and O–H groups in total. The van der Waals surface area contributed by atoms with Crippen LogP contribution in [0.2, 0.25) is 0 Å². The van der Waals surface area contributed by atoms with Crippen molar-refractivity contribution in [3.05, 3.63) is 70.4 Å². The molecule has 1 amide bonds. The summed E-state index contributed by atoms with van der Waals surface area (Å²) in [7, 11) is 0. The molecule has 0 unspecified atom stereocenters. The van der Waals surface area contributed by atoms with Gasteiger partial charge in [0.2, 0.25) is 0 Å². The molecule has 0 spiro atoms. The van der Waals surface area contributed by atoms with E-state index in [-0.39, 0.29) is 10.2 Å². The highest BCUT2D eigenvalue weighted by atomic mass is 32.2. The maximum atomic E-state index is 12.4. The molecule has 1 saturated heterocycles. The lowest BCUT2D eigenvalue weighted by molar-refractivity contribution is -0.140. The van der Waals surface area contributed by atoms with Crippen molar-refractivity contribution in [2.24, 2.45) is 0 Å². The van der Waals surface area contributed by atoms with Crippen LogP contribution in [-0.2, 0) is 20.9 Å². The largest absolute Gasteiger partial charge is 0.489 e. The smallest absolute Gasteiger partial charge is 0.323 e. The minimum absolute atomic E-state index is 0.260. The molecule has 134 valence electrons. The Bertz CT molecular complexity index is 827. The Labute approximate surface area is 161 Å². The van der Waals surface area contributed by atoms with Gasteiger partial charge >= 0.3 is 5.97 Å². The van der Waals surface area contributed by atoms with Gasteiger partial charge in [-0.3, -0.25) is 14.5 Å². The Morgan fingerprint density at radius 1 is 1.27 bits per heavy atom.